The molecule has 0 aliphatic heterocycles. The fourth-order valence-electron chi connectivity index (χ4n) is 1.99. The van der Waals surface area contributed by atoms with Crippen molar-refractivity contribution in [3.05, 3.63) is 53.5 Å². The maximum atomic E-state index is 11.3. The number of nitrogen functional groups attached to an aromatic ring is 1. The van der Waals surface area contributed by atoms with E-state index in [1.807, 2.05) is 0 Å². The molecule has 1 heterocycles. The molecule has 106 valence electrons. The SMILES string of the molecule is CCN(Cc1ccc(C(=O)NN)o1)c1ccc(C)cc1. The molecule has 20 heavy (non-hydrogen) atoms. The first-order valence-electron chi connectivity index (χ1n) is 6.55. The van der Waals surface area contributed by atoms with Gasteiger partial charge in [-0.1, -0.05) is 17.7 Å². The Bertz CT molecular complexity index is 575. The highest BCUT2D eigenvalue weighted by Gasteiger charge is 2.12. The van der Waals surface area contributed by atoms with Gasteiger partial charge in [0, 0.05) is 12.2 Å². The van der Waals surface area contributed by atoms with E-state index in [0.717, 1.165) is 18.0 Å². The molecule has 3 N–H and O–H groups in total. The molecular formula is C15H19N3O2. The lowest BCUT2D eigenvalue weighted by Gasteiger charge is -2.22. The zero-order valence-corrected chi connectivity index (χ0v) is 11.7. The third-order valence-corrected chi connectivity index (χ3v) is 3.14. The highest BCUT2D eigenvalue weighted by molar-refractivity contribution is 5.90. The highest BCUT2D eigenvalue weighted by atomic mass is 16.4. The summed E-state index contributed by atoms with van der Waals surface area (Å²) in [6.07, 6.45) is 0. The van der Waals surface area contributed by atoms with E-state index in [4.69, 9.17) is 10.3 Å². The minimum absolute atomic E-state index is 0.224. The van der Waals surface area contributed by atoms with Crippen LogP contribution in [-0.2, 0) is 6.54 Å². The second-order valence-corrected chi connectivity index (χ2v) is 4.59. The lowest BCUT2D eigenvalue weighted by Crippen LogP contribution is -2.29. The third kappa shape index (κ3) is 3.19. The largest absolute Gasteiger partial charge is 0.454 e. The van der Waals surface area contributed by atoms with Crippen LogP contribution in [0.4, 0.5) is 5.69 Å². The van der Waals surface area contributed by atoms with E-state index >= 15 is 0 Å². The molecule has 5 heteroatoms. The number of nitrogens with zero attached hydrogens (tertiary/aromatic N) is 1. The number of carbonyl (C=O) groups excluding carboxylic acids is 1. The number of hydrogen-bond donors (Lipinski definition) is 2. The van der Waals surface area contributed by atoms with Gasteiger partial charge in [-0.3, -0.25) is 10.2 Å². The van der Waals surface area contributed by atoms with Crippen LogP contribution < -0.4 is 16.2 Å². The molecule has 0 saturated carbocycles. The first-order chi connectivity index (χ1) is 9.63. The summed E-state index contributed by atoms with van der Waals surface area (Å²) in [5.41, 5.74) is 4.40. The molecule has 0 aliphatic rings. The van der Waals surface area contributed by atoms with Gasteiger partial charge < -0.3 is 9.32 Å². The van der Waals surface area contributed by atoms with Gasteiger partial charge in [-0.2, -0.15) is 0 Å². The van der Waals surface area contributed by atoms with Crippen molar-refractivity contribution in [1.29, 1.82) is 0 Å². The number of furan rings is 1. The van der Waals surface area contributed by atoms with Crippen LogP contribution in [0.1, 0.15) is 28.8 Å². The first-order valence-corrected chi connectivity index (χ1v) is 6.55. The van der Waals surface area contributed by atoms with Gasteiger partial charge in [0.25, 0.3) is 0 Å². The Morgan fingerprint density at radius 3 is 2.55 bits per heavy atom. The summed E-state index contributed by atoms with van der Waals surface area (Å²) in [6, 6.07) is 11.7. The topological polar surface area (TPSA) is 71.5 Å². The standard InChI is InChI=1S/C15H19N3O2/c1-3-18(12-6-4-11(2)5-7-12)10-13-8-9-14(20-13)15(19)17-16/h4-9H,3,10,16H2,1-2H3,(H,17,19). The normalized spacial score (nSPS) is 10.3. The van der Waals surface area contributed by atoms with E-state index in [-0.39, 0.29) is 5.76 Å². The van der Waals surface area contributed by atoms with Crippen LogP contribution in [0, 0.1) is 6.92 Å². The van der Waals surface area contributed by atoms with E-state index in [1.54, 1.807) is 12.1 Å². The van der Waals surface area contributed by atoms with Gasteiger partial charge in [0.05, 0.1) is 6.54 Å². The zero-order chi connectivity index (χ0) is 14.5. The van der Waals surface area contributed by atoms with Crippen LogP contribution >= 0.6 is 0 Å². The Balaban J connectivity index is 2.12. The van der Waals surface area contributed by atoms with Gasteiger partial charge in [0.15, 0.2) is 5.76 Å². The van der Waals surface area contributed by atoms with Gasteiger partial charge in [-0.15, -0.1) is 0 Å². The molecule has 0 atom stereocenters. The molecule has 0 saturated heterocycles. The quantitative estimate of drug-likeness (QED) is 0.498. The molecule has 2 aromatic rings. The van der Waals surface area contributed by atoms with E-state index in [0.29, 0.717) is 6.54 Å². The van der Waals surface area contributed by atoms with Crippen molar-refractivity contribution in [3.8, 4) is 0 Å². The fourth-order valence-corrected chi connectivity index (χ4v) is 1.99. The summed E-state index contributed by atoms with van der Waals surface area (Å²) >= 11 is 0. The molecular weight excluding hydrogens is 254 g/mol. The van der Waals surface area contributed by atoms with Gasteiger partial charge in [-0.05, 0) is 38.1 Å². The number of aryl methyl sites for hydroxylation is 1. The maximum Gasteiger partial charge on any atom is 0.300 e. The summed E-state index contributed by atoms with van der Waals surface area (Å²) in [5.74, 6) is 5.61. The molecule has 1 aromatic carbocycles. The molecule has 0 bridgehead atoms. The summed E-state index contributed by atoms with van der Waals surface area (Å²) in [5, 5.41) is 0. The predicted molar refractivity (Wildman–Crippen MR) is 78.3 cm³/mol. The van der Waals surface area contributed by atoms with Crippen molar-refractivity contribution in [2.45, 2.75) is 20.4 Å². The molecule has 0 spiro atoms. The number of nitrogens with one attached hydrogen (secondary N) is 1. The van der Waals surface area contributed by atoms with Crippen LogP contribution in [0.25, 0.3) is 0 Å². The average Bonchev–Trinajstić information content (AvgIpc) is 2.93. The predicted octanol–water partition coefficient (Wildman–Crippen LogP) is 2.22. The minimum Gasteiger partial charge on any atom is -0.454 e. The average molecular weight is 273 g/mol. The summed E-state index contributed by atoms with van der Waals surface area (Å²) in [4.78, 5) is 13.5. The monoisotopic (exact) mass is 273 g/mol. The number of carbonyl (C=O) groups is 1. The Labute approximate surface area is 118 Å². The molecule has 0 fully saturated rings. The molecule has 1 amide bonds. The lowest BCUT2D eigenvalue weighted by molar-refractivity contribution is 0.0924. The van der Waals surface area contributed by atoms with Crippen LogP contribution in [0.3, 0.4) is 0 Å². The lowest BCUT2D eigenvalue weighted by atomic mass is 10.2. The Morgan fingerprint density at radius 1 is 1.25 bits per heavy atom. The number of rotatable bonds is 5. The van der Waals surface area contributed by atoms with E-state index in [1.165, 1.54) is 5.56 Å². The first kappa shape index (κ1) is 14.1. The van der Waals surface area contributed by atoms with Gasteiger partial charge >= 0.3 is 5.91 Å². The number of hydrogen-bond acceptors (Lipinski definition) is 4. The Kier molecular flexibility index (Phi) is 4.42. The van der Waals surface area contributed by atoms with Crippen LogP contribution in [-0.4, -0.2) is 12.5 Å². The van der Waals surface area contributed by atoms with Crippen LogP contribution in [0.5, 0.6) is 0 Å². The fraction of sp³-hybridized carbons (Fsp3) is 0.267. The van der Waals surface area contributed by atoms with E-state index in [2.05, 4.69) is 48.4 Å². The smallest absolute Gasteiger partial charge is 0.300 e. The number of benzene rings is 1. The van der Waals surface area contributed by atoms with Crippen molar-refractivity contribution in [2.75, 3.05) is 11.4 Å². The molecule has 0 aliphatic carbocycles. The Hall–Kier alpha value is -2.27. The number of nitrogens with two attached hydrogens (primary N) is 1. The summed E-state index contributed by atoms with van der Waals surface area (Å²) < 4.78 is 5.48. The highest BCUT2D eigenvalue weighted by Crippen LogP contribution is 2.19. The number of anilines is 1. The molecule has 5 nitrogen and oxygen atoms in total. The molecule has 0 radical (unpaired) electrons. The van der Waals surface area contributed by atoms with Crippen molar-refractivity contribution in [2.24, 2.45) is 5.84 Å². The molecule has 1 aromatic heterocycles. The van der Waals surface area contributed by atoms with Gasteiger partial charge in [0.1, 0.15) is 5.76 Å². The second kappa shape index (κ2) is 6.25. The van der Waals surface area contributed by atoms with Crippen molar-refractivity contribution in [3.63, 3.8) is 0 Å². The summed E-state index contributed by atoms with van der Waals surface area (Å²) in [7, 11) is 0. The van der Waals surface area contributed by atoms with Crippen LogP contribution in [0.15, 0.2) is 40.8 Å². The van der Waals surface area contributed by atoms with Crippen molar-refractivity contribution in [1.82, 2.24) is 5.43 Å². The van der Waals surface area contributed by atoms with E-state index < -0.39 is 5.91 Å². The third-order valence-electron chi connectivity index (χ3n) is 3.14. The number of hydrazine groups is 1. The molecule has 0 unspecified atom stereocenters. The minimum atomic E-state index is -0.422. The second-order valence-electron chi connectivity index (χ2n) is 4.59. The van der Waals surface area contributed by atoms with Gasteiger partial charge in [-0.25, -0.2) is 5.84 Å². The maximum absolute atomic E-state index is 11.3. The van der Waals surface area contributed by atoms with E-state index in [9.17, 15) is 4.79 Å². The number of amides is 1. The van der Waals surface area contributed by atoms with Crippen LogP contribution in [0.2, 0.25) is 0 Å². The summed E-state index contributed by atoms with van der Waals surface area (Å²) in [6.45, 7) is 5.60. The van der Waals surface area contributed by atoms with Crippen molar-refractivity contribution >= 4 is 11.6 Å². The molecule has 2 rings (SSSR count). The van der Waals surface area contributed by atoms with Crippen molar-refractivity contribution < 1.29 is 9.21 Å². The zero-order valence-electron chi connectivity index (χ0n) is 11.7. The Morgan fingerprint density at radius 2 is 1.95 bits per heavy atom. The van der Waals surface area contributed by atoms with Gasteiger partial charge in [0.2, 0.25) is 0 Å².